The fraction of sp³-hybridized carbons (Fsp3) is 1.00. The SMILES string of the molecule is O=S(C1CC1)C1C(Cl)CCCC1Cl. The van der Waals surface area contributed by atoms with E-state index >= 15 is 0 Å². The third-order valence-electron chi connectivity index (χ3n) is 2.79. The lowest BCUT2D eigenvalue weighted by Gasteiger charge is -2.30. The molecule has 2 rings (SSSR count). The van der Waals surface area contributed by atoms with Crippen LogP contribution in [0.25, 0.3) is 0 Å². The van der Waals surface area contributed by atoms with Crippen molar-refractivity contribution in [3.63, 3.8) is 0 Å². The Morgan fingerprint density at radius 3 is 2.00 bits per heavy atom. The molecule has 1 nitrogen and oxygen atoms in total. The molecule has 0 bridgehead atoms. The molecule has 0 spiro atoms. The van der Waals surface area contributed by atoms with Crippen LogP contribution in [-0.2, 0) is 10.8 Å². The molecule has 2 aliphatic carbocycles. The molecule has 4 heteroatoms. The molecule has 0 aliphatic heterocycles. The van der Waals surface area contributed by atoms with Crippen LogP contribution in [0.3, 0.4) is 0 Å². The van der Waals surface area contributed by atoms with E-state index in [1.807, 2.05) is 0 Å². The summed E-state index contributed by atoms with van der Waals surface area (Å²) < 4.78 is 11.9. The molecule has 0 aromatic heterocycles. The molecule has 0 N–H and O–H groups in total. The van der Waals surface area contributed by atoms with Crippen molar-refractivity contribution in [1.82, 2.24) is 0 Å². The fourth-order valence-corrected chi connectivity index (χ4v) is 5.12. The van der Waals surface area contributed by atoms with Crippen molar-refractivity contribution in [1.29, 1.82) is 0 Å². The van der Waals surface area contributed by atoms with Crippen LogP contribution in [0.5, 0.6) is 0 Å². The van der Waals surface area contributed by atoms with Gasteiger partial charge in [0.05, 0.1) is 5.25 Å². The largest absolute Gasteiger partial charge is 0.259 e. The summed E-state index contributed by atoms with van der Waals surface area (Å²) in [5.74, 6) is 0. The molecule has 0 aromatic carbocycles. The quantitative estimate of drug-likeness (QED) is 0.679. The monoisotopic (exact) mass is 240 g/mol. The number of hydrogen-bond acceptors (Lipinski definition) is 1. The second-order valence-electron chi connectivity index (χ2n) is 3.96. The zero-order chi connectivity index (χ0) is 9.42. The lowest BCUT2D eigenvalue weighted by molar-refractivity contribution is 0.517. The van der Waals surface area contributed by atoms with Crippen molar-refractivity contribution in [2.45, 2.75) is 53.4 Å². The molecule has 0 heterocycles. The van der Waals surface area contributed by atoms with Gasteiger partial charge >= 0.3 is 0 Å². The number of halogens is 2. The Bertz CT molecular complexity index is 208. The minimum atomic E-state index is -0.771. The molecular formula is C9H14Cl2OS. The lowest BCUT2D eigenvalue weighted by atomic mass is 9.99. The first-order valence-electron chi connectivity index (χ1n) is 4.87. The average Bonchev–Trinajstić information content (AvgIpc) is 2.85. The fourth-order valence-electron chi connectivity index (χ4n) is 1.88. The first-order valence-corrected chi connectivity index (χ1v) is 7.02. The van der Waals surface area contributed by atoms with Crippen LogP contribution in [0, 0.1) is 0 Å². The van der Waals surface area contributed by atoms with Gasteiger partial charge in [-0.3, -0.25) is 4.21 Å². The first kappa shape index (κ1) is 10.3. The van der Waals surface area contributed by atoms with E-state index in [0.717, 1.165) is 32.1 Å². The Kier molecular flexibility index (Phi) is 3.22. The van der Waals surface area contributed by atoms with Gasteiger partial charge in [-0.1, -0.05) is 6.42 Å². The van der Waals surface area contributed by atoms with Crippen LogP contribution in [0.2, 0.25) is 0 Å². The second kappa shape index (κ2) is 4.08. The Balaban J connectivity index is 2.03. The van der Waals surface area contributed by atoms with E-state index in [9.17, 15) is 4.21 Å². The van der Waals surface area contributed by atoms with E-state index < -0.39 is 10.8 Å². The Labute approximate surface area is 91.6 Å². The van der Waals surface area contributed by atoms with Crippen LogP contribution < -0.4 is 0 Å². The van der Waals surface area contributed by atoms with Gasteiger partial charge in [-0.05, 0) is 25.7 Å². The molecule has 2 aliphatic rings. The normalized spacial score (nSPS) is 43.1. The molecule has 2 fully saturated rings. The van der Waals surface area contributed by atoms with Gasteiger partial charge in [0.15, 0.2) is 0 Å². The molecule has 0 aromatic rings. The molecule has 76 valence electrons. The highest BCUT2D eigenvalue weighted by Crippen LogP contribution is 2.37. The summed E-state index contributed by atoms with van der Waals surface area (Å²) in [4.78, 5) is 0. The maximum absolute atomic E-state index is 11.9. The molecule has 3 unspecified atom stereocenters. The van der Waals surface area contributed by atoms with Crippen molar-refractivity contribution in [3.8, 4) is 0 Å². The third kappa shape index (κ3) is 2.21. The molecule has 2 saturated carbocycles. The van der Waals surface area contributed by atoms with Crippen LogP contribution in [0.4, 0.5) is 0 Å². The molecule has 0 radical (unpaired) electrons. The minimum Gasteiger partial charge on any atom is -0.259 e. The summed E-state index contributed by atoms with van der Waals surface area (Å²) in [5, 5.41) is 0.533. The van der Waals surface area contributed by atoms with E-state index in [1.165, 1.54) is 0 Å². The molecule has 13 heavy (non-hydrogen) atoms. The highest BCUT2D eigenvalue weighted by atomic mass is 35.5. The van der Waals surface area contributed by atoms with E-state index in [-0.39, 0.29) is 16.0 Å². The maximum Gasteiger partial charge on any atom is 0.0677 e. The smallest absolute Gasteiger partial charge is 0.0677 e. The Morgan fingerprint density at radius 1 is 1.00 bits per heavy atom. The summed E-state index contributed by atoms with van der Waals surface area (Å²) in [5.41, 5.74) is 0. The first-order chi connectivity index (χ1) is 6.20. The summed E-state index contributed by atoms with van der Waals surface area (Å²) in [6, 6.07) is 0. The van der Waals surface area contributed by atoms with Gasteiger partial charge in [0.2, 0.25) is 0 Å². The van der Waals surface area contributed by atoms with Crippen molar-refractivity contribution < 1.29 is 4.21 Å². The Morgan fingerprint density at radius 2 is 1.54 bits per heavy atom. The zero-order valence-electron chi connectivity index (χ0n) is 7.42. The Hall–Kier alpha value is 0.730. The topological polar surface area (TPSA) is 17.1 Å². The van der Waals surface area contributed by atoms with Gasteiger partial charge in [-0.2, -0.15) is 0 Å². The molecule has 3 atom stereocenters. The zero-order valence-corrected chi connectivity index (χ0v) is 9.75. The third-order valence-corrected chi connectivity index (χ3v) is 6.39. The average molecular weight is 241 g/mol. The molecular weight excluding hydrogens is 227 g/mol. The predicted molar refractivity (Wildman–Crippen MR) is 58.1 cm³/mol. The van der Waals surface area contributed by atoms with Crippen molar-refractivity contribution >= 4 is 34.0 Å². The van der Waals surface area contributed by atoms with Crippen LogP contribution in [0.1, 0.15) is 32.1 Å². The van der Waals surface area contributed by atoms with Crippen molar-refractivity contribution in [2.75, 3.05) is 0 Å². The van der Waals surface area contributed by atoms with E-state index in [2.05, 4.69) is 0 Å². The van der Waals surface area contributed by atoms with Gasteiger partial charge in [-0.15, -0.1) is 23.2 Å². The summed E-state index contributed by atoms with van der Waals surface area (Å²) in [7, 11) is -0.771. The van der Waals surface area contributed by atoms with Gasteiger partial charge in [0.25, 0.3) is 0 Å². The highest BCUT2D eigenvalue weighted by Gasteiger charge is 2.41. The van der Waals surface area contributed by atoms with Gasteiger partial charge in [0.1, 0.15) is 0 Å². The lowest BCUT2D eigenvalue weighted by Crippen LogP contribution is -2.40. The predicted octanol–water partition coefficient (Wildman–Crippen LogP) is 2.66. The number of hydrogen-bond donors (Lipinski definition) is 0. The van der Waals surface area contributed by atoms with Crippen molar-refractivity contribution in [3.05, 3.63) is 0 Å². The summed E-state index contributed by atoms with van der Waals surface area (Å²) >= 11 is 12.3. The number of alkyl halides is 2. The molecule has 0 amide bonds. The van der Waals surface area contributed by atoms with Crippen molar-refractivity contribution in [2.24, 2.45) is 0 Å². The standard InChI is InChI=1S/C9H14Cl2OS/c10-7-2-1-3-8(11)9(7)13(12)6-4-5-6/h6-9H,1-5H2. The highest BCUT2D eigenvalue weighted by molar-refractivity contribution is 7.86. The van der Waals surface area contributed by atoms with E-state index in [1.54, 1.807) is 0 Å². The minimum absolute atomic E-state index is 0.0395. The summed E-state index contributed by atoms with van der Waals surface area (Å²) in [6.45, 7) is 0. The van der Waals surface area contributed by atoms with Gasteiger partial charge < -0.3 is 0 Å². The summed E-state index contributed by atoms with van der Waals surface area (Å²) in [6.07, 6.45) is 5.26. The second-order valence-corrected chi connectivity index (χ2v) is 6.94. The van der Waals surface area contributed by atoms with Gasteiger partial charge in [0, 0.05) is 26.8 Å². The van der Waals surface area contributed by atoms with Crippen LogP contribution >= 0.6 is 23.2 Å². The van der Waals surface area contributed by atoms with Crippen LogP contribution in [0.15, 0.2) is 0 Å². The number of rotatable bonds is 2. The van der Waals surface area contributed by atoms with Crippen LogP contribution in [-0.4, -0.2) is 25.5 Å². The van der Waals surface area contributed by atoms with E-state index in [0.29, 0.717) is 5.25 Å². The van der Waals surface area contributed by atoms with E-state index in [4.69, 9.17) is 23.2 Å². The maximum atomic E-state index is 11.9. The van der Waals surface area contributed by atoms with Gasteiger partial charge in [-0.25, -0.2) is 0 Å². The molecule has 0 saturated heterocycles.